The number of carbonyl (C=O) groups is 2. The van der Waals surface area contributed by atoms with Gasteiger partial charge in [-0.1, -0.05) is 6.07 Å². The Labute approximate surface area is 158 Å². The van der Waals surface area contributed by atoms with E-state index in [1.807, 2.05) is 32.0 Å². The fourth-order valence-corrected chi connectivity index (χ4v) is 2.33. The Morgan fingerprint density at radius 1 is 1.11 bits per heavy atom. The standard InChI is InChI=1S/C19H25NO7/c1-3-24-15-6-5-14(11-16(15)25-4-2)7-8-20-18(21)13-27-19(22)17-12-23-9-10-26-17/h5-6,11-12H,3-4,7-10,13H2,1-2H3,(H,20,21). The van der Waals surface area contributed by atoms with Crippen molar-refractivity contribution < 1.29 is 33.3 Å². The average molecular weight is 379 g/mol. The van der Waals surface area contributed by atoms with Gasteiger partial charge >= 0.3 is 5.97 Å². The highest BCUT2D eigenvalue weighted by Gasteiger charge is 2.17. The fraction of sp³-hybridized carbons (Fsp3) is 0.474. The Balaban J connectivity index is 1.74. The Bertz CT molecular complexity index is 672. The van der Waals surface area contributed by atoms with Crippen LogP contribution in [-0.2, 0) is 30.2 Å². The zero-order valence-corrected chi connectivity index (χ0v) is 15.6. The van der Waals surface area contributed by atoms with Crippen LogP contribution >= 0.6 is 0 Å². The van der Waals surface area contributed by atoms with E-state index < -0.39 is 11.9 Å². The molecule has 1 N–H and O–H groups in total. The van der Waals surface area contributed by atoms with E-state index in [4.69, 9.17) is 23.7 Å². The van der Waals surface area contributed by atoms with Crippen molar-refractivity contribution in [3.05, 3.63) is 35.8 Å². The van der Waals surface area contributed by atoms with Crippen molar-refractivity contribution in [3.8, 4) is 11.5 Å². The van der Waals surface area contributed by atoms with Gasteiger partial charge in [-0.2, -0.15) is 0 Å². The second-order valence-corrected chi connectivity index (χ2v) is 5.52. The lowest BCUT2D eigenvalue weighted by atomic mass is 10.1. The highest BCUT2D eigenvalue weighted by Crippen LogP contribution is 2.28. The molecule has 1 aromatic carbocycles. The molecular weight excluding hydrogens is 354 g/mol. The minimum absolute atomic E-state index is 0.0353. The largest absolute Gasteiger partial charge is 0.493 e. The Hall–Kier alpha value is -2.90. The molecule has 0 fully saturated rings. The van der Waals surface area contributed by atoms with Crippen molar-refractivity contribution in [2.45, 2.75) is 20.3 Å². The van der Waals surface area contributed by atoms with Crippen LogP contribution in [0.4, 0.5) is 0 Å². The summed E-state index contributed by atoms with van der Waals surface area (Å²) in [5, 5.41) is 2.70. The Morgan fingerprint density at radius 2 is 1.89 bits per heavy atom. The van der Waals surface area contributed by atoms with Gasteiger partial charge in [0.1, 0.15) is 19.5 Å². The van der Waals surface area contributed by atoms with Crippen LogP contribution < -0.4 is 14.8 Å². The number of esters is 1. The van der Waals surface area contributed by atoms with Gasteiger partial charge in [-0.15, -0.1) is 0 Å². The molecule has 0 radical (unpaired) electrons. The first kappa shape index (κ1) is 20.4. The maximum absolute atomic E-state index is 11.8. The molecule has 1 aliphatic rings. The summed E-state index contributed by atoms with van der Waals surface area (Å²) < 4.78 is 26.0. The molecule has 0 spiro atoms. The molecule has 0 atom stereocenters. The number of carbonyl (C=O) groups excluding carboxylic acids is 2. The summed E-state index contributed by atoms with van der Waals surface area (Å²) in [5.41, 5.74) is 0.997. The van der Waals surface area contributed by atoms with Crippen molar-refractivity contribution in [1.29, 1.82) is 0 Å². The van der Waals surface area contributed by atoms with E-state index >= 15 is 0 Å². The lowest BCUT2D eigenvalue weighted by molar-refractivity contribution is -0.149. The van der Waals surface area contributed by atoms with Crippen LogP contribution in [0.15, 0.2) is 30.2 Å². The molecule has 148 valence electrons. The Kier molecular flexibility index (Phi) is 8.28. The zero-order valence-electron chi connectivity index (χ0n) is 15.6. The molecular formula is C19H25NO7. The summed E-state index contributed by atoms with van der Waals surface area (Å²) >= 11 is 0. The SMILES string of the molecule is CCOc1ccc(CCNC(=O)COC(=O)C2=COCCO2)cc1OCC. The number of benzene rings is 1. The van der Waals surface area contributed by atoms with Crippen molar-refractivity contribution in [2.24, 2.45) is 0 Å². The van der Waals surface area contributed by atoms with Crippen LogP contribution in [0.25, 0.3) is 0 Å². The molecule has 1 heterocycles. The number of rotatable bonds is 10. The van der Waals surface area contributed by atoms with Gasteiger partial charge in [-0.3, -0.25) is 4.79 Å². The number of amides is 1. The van der Waals surface area contributed by atoms with E-state index in [-0.39, 0.29) is 19.0 Å². The highest BCUT2D eigenvalue weighted by molar-refractivity contribution is 5.88. The maximum atomic E-state index is 11.8. The van der Waals surface area contributed by atoms with E-state index in [1.54, 1.807) is 0 Å². The molecule has 0 unspecified atom stereocenters. The van der Waals surface area contributed by atoms with Gasteiger partial charge in [0, 0.05) is 6.54 Å². The quantitative estimate of drug-likeness (QED) is 0.617. The minimum Gasteiger partial charge on any atom is -0.493 e. The van der Waals surface area contributed by atoms with Crippen molar-refractivity contribution in [3.63, 3.8) is 0 Å². The second-order valence-electron chi connectivity index (χ2n) is 5.52. The van der Waals surface area contributed by atoms with E-state index in [1.165, 1.54) is 6.26 Å². The minimum atomic E-state index is -0.724. The van der Waals surface area contributed by atoms with Crippen LogP contribution in [0.5, 0.6) is 11.5 Å². The lowest BCUT2D eigenvalue weighted by Crippen LogP contribution is -2.31. The first-order chi connectivity index (χ1) is 13.1. The van der Waals surface area contributed by atoms with E-state index in [9.17, 15) is 9.59 Å². The molecule has 0 saturated carbocycles. The van der Waals surface area contributed by atoms with Gasteiger partial charge in [-0.05, 0) is 38.0 Å². The summed E-state index contributed by atoms with van der Waals surface area (Å²) in [6.07, 6.45) is 1.79. The highest BCUT2D eigenvalue weighted by atomic mass is 16.6. The summed E-state index contributed by atoms with van der Waals surface area (Å²) in [4.78, 5) is 23.5. The molecule has 8 nitrogen and oxygen atoms in total. The zero-order chi connectivity index (χ0) is 19.5. The molecule has 1 aliphatic heterocycles. The summed E-state index contributed by atoms with van der Waals surface area (Å²) in [6.45, 7) is 5.59. The first-order valence-corrected chi connectivity index (χ1v) is 8.91. The fourth-order valence-electron chi connectivity index (χ4n) is 2.33. The molecule has 0 bridgehead atoms. The molecule has 0 aromatic heterocycles. The normalized spacial score (nSPS) is 12.9. The number of hydrogen-bond donors (Lipinski definition) is 1. The monoisotopic (exact) mass is 379 g/mol. The van der Waals surface area contributed by atoms with Crippen LogP contribution in [-0.4, -0.2) is 51.5 Å². The number of nitrogens with one attached hydrogen (secondary N) is 1. The molecule has 1 amide bonds. The van der Waals surface area contributed by atoms with E-state index in [0.29, 0.717) is 44.3 Å². The van der Waals surface area contributed by atoms with Crippen molar-refractivity contribution in [1.82, 2.24) is 5.32 Å². The second kappa shape index (κ2) is 10.9. The average Bonchev–Trinajstić information content (AvgIpc) is 2.69. The van der Waals surface area contributed by atoms with Gasteiger partial charge < -0.3 is 29.0 Å². The maximum Gasteiger partial charge on any atom is 0.377 e. The number of ether oxygens (including phenoxy) is 5. The van der Waals surface area contributed by atoms with Crippen LogP contribution in [0.1, 0.15) is 19.4 Å². The smallest absolute Gasteiger partial charge is 0.377 e. The summed E-state index contributed by atoms with van der Waals surface area (Å²) in [5.74, 6) is 0.226. The van der Waals surface area contributed by atoms with Gasteiger partial charge in [0.05, 0.1) is 13.2 Å². The van der Waals surface area contributed by atoms with Gasteiger partial charge in [-0.25, -0.2) is 4.79 Å². The van der Waals surface area contributed by atoms with Crippen LogP contribution in [0, 0.1) is 0 Å². The topological polar surface area (TPSA) is 92.3 Å². The van der Waals surface area contributed by atoms with Gasteiger partial charge in [0.15, 0.2) is 18.1 Å². The van der Waals surface area contributed by atoms with Crippen molar-refractivity contribution in [2.75, 3.05) is 39.6 Å². The van der Waals surface area contributed by atoms with E-state index in [2.05, 4.69) is 5.32 Å². The molecule has 2 rings (SSSR count). The molecule has 27 heavy (non-hydrogen) atoms. The third kappa shape index (κ3) is 6.73. The summed E-state index contributed by atoms with van der Waals surface area (Å²) in [7, 11) is 0. The lowest BCUT2D eigenvalue weighted by Gasteiger charge is -2.14. The molecule has 1 aromatic rings. The number of hydrogen-bond acceptors (Lipinski definition) is 7. The molecule has 0 aliphatic carbocycles. The molecule has 0 saturated heterocycles. The van der Waals surface area contributed by atoms with Crippen LogP contribution in [0.2, 0.25) is 0 Å². The van der Waals surface area contributed by atoms with Gasteiger partial charge in [0.25, 0.3) is 5.91 Å². The molecule has 8 heteroatoms. The first-order valence-electron chi connectivity index (χ1n) is 8.91. The van der Waals surface area contributed by atoms with E-state index in [0.717, 1.165) is 5.56 Å². The van der Waals surface area contributed by atoms with Crippen molar-refractivity contribution >= 4 is 11.9 Å². The van der Waals surface area contributed by atoms with Gasteiger partial charge in [0.2, 0.25) is 5.76 Å². The predicted molar refractivity (Wildman–Crippen MR) is 96.4 cm³/mol. The summed E-state index contributed by atoms with van der Waals surface area (Å²) in [6, 6.07) is 5.67. The van der Waals surface area contributed by atoms with Crippen LogP contribution in [0.3, 0.4) is 0 Å². The third-order valence-corrected chi connectivity index (χ3v) is 3.53. The predicted octanol–water partition coefficient (Wildman–Crippen LogP) is 1.57. The Morgan fingerprint density at radius 3 is 2.59 bits per heavy atom. The third-order valence-electron chi connectivity index (χ3n) is 3.53.